The SMILES string of the molecule is O=C(O)CCC/C=C\C[C@@H]1C(CNNC(=O)Nc2ccccc2)[C@H]2CC[C@@H]1O2. The summed E-state index contributed by atoms with van der Waals surface area (Å²) in [5, 5.41) is 11.4. The lowest BCUT2D eigenvalue weighted by atomic mass is 9.77. The highest BCUT2D eigenvalue weighted by Gasteiger charge is 2.47. The number of ether oxygens (including phenoxy) is 1. The lowest BCUT2D eigenvalue weighted by Crippen LogP contribution is -2.45. The summed E-state index contributed by atoms with van der Waals surface area (Å²) in [5.41, 5.74) is 6.50. The van der Waals surface area contributed by atoms with Crippen LogP contribution in [0.1, 0.15) is 38.5 Å². The fourth-order valence-corrected chi connectivity index (χ4v) is 4.16. The number of allylic oxidation sites excluding steroid dienone is 2. The van der Waals surface area contributed by atoms with E-state index in [9.17, 15) is 9.59 Å². The maximum atomic E-state index is 12.0. The molecule has 2 fully saturated rings. The van der Waals surface area contributed by atoms with E-state index < -0.39 is 5.97 Å². The van der Waals surface area contributed by atoms with Crippen molar-refractivity contribution in [2.75, 3.05) is 11.9 Å². The van der Waals surface area contributed by atoms with Gasteiger partial charge in [0.25, 0.3) is 0 Å². The first-order valence-electron chi connectivity index (χ1n) is 10.0. The van der Waals surface area contributed by atoms with Gasteiger partial charge in [0, 0.05) is 24.6 Å². The predicted molar refractivity (Wildman–Crippen MR) is 107 cm³/mol. The molecule has 7 heteroatoms. The second kappa shape index (κ2) is 10.2. The average Bonchev–Trinajstić information content (AvgIpc) is 3.27. The molecule has 0 aliphatic carbocycles. The molecule has 7 nitrogen and oxygen atoms in total. The summed E-state index contributed by atoms with van der Waals surface area (Å²) in [4.78, 5) is 22.5. The number of carboxylic acid groups (broad SMARTS) is 1. The summed E-state index contributed by atoms with van der Waals surface area (Å²) in [7, 11) is 0. The second-order valence-corrected chi connectivity index (χ2v) is 7.44. The molecule has 0 spiro atoms. The standard InChI is InChI=1S/C21H29N3O4/c25-20(26)11-7-2-1-6-10-16-17(19-13-12-18(16)28-19)14-22-24-21(27)23-15-8-4-3-5-9-15/h1,3-6,8-9,16-19,22H,2,7,10-14H2,(H,25,26)(H2,23,24,27)/b6-1-/t16-,17?,18+,19-/m1/s1. The summed E-state index contributed by atoms with van der Waals surface area (Å²) in [6, 6.07) is 9.03. The zero-order valence-electron chi connectivity index (χ0n) is 16.0. The topological polar surface area (TPSA) is 99.7 Å². The Bertz CT molecular complexity index is 679. The molecule has 2 saturated heterocycles. The third kappa shape index (κ3) is 5.81. The maximum absolute atomic E-state index is 12.0. The summed E-state index contributed by atoms with van der Waals surface area (Å²) < 4.78 is 6.08. The van der Waals surface area contributed by atoms with E-state index in [-0.39, 0.29) is 18.6 Å². The van der Waals surface area contributed by atoms with Crippen molar-refractivity contribution in [3.63, 3.8) is 0 Å². The summed E-state index contributed by atoms with van der Waals surface area (Å²) in [6.45, 7) is 0.668. The number of carbonyl (C=O) groups is 2. The van der Waals surface area contributed by atoms with Gasteiger partial charge in [-0.15, -0.1) is 0 Å². The molecular weight excluding hydrogens is 358 g/mol. The molecule has 2 aliphatic heterocycles. The quantitative estimate of drug-likeness (QED) is 0.280. The molecule has 3 rings (SSSR count). The van der Waals surface area contributed by atoms with Crippen molar-refractivity contribution in [2.24, 2.45) is 11.8 Å². The van der Waals surface area contributed by atoms with E-state index in [2.05, 4.69) is 28.3 Å². The third-order valence-corrected chi connectivity index (χ3v) is 5.50. The Hall–Kier alpha value is -2.38. The molecule has 152 valence electrons. The van der Waals surface area contributed by atoms with Gasteiger partial charge >= 0.3 is 12.0 Å². The van der Waals surface area contributed by atoms with Crippen molar-refractivity contribution in [1.82, 2.24) is 10.9 Å². The van der Waals surface area contributed by atoms with E-state index >= 15 is 0 Å². The van der Waals surface area contributed by atoms with Gasteiger partial charge in [-0.3, -0.25) is 10.2 Å². The number of hydrogen-bond donors (Lipinski definition) is 4. The summed E-state index contributed by atoms with van der Waals surface area (Å²) in [5.74, 6) is 0.0465. The van der Waals surface area contributed by atoms with Crippen LogP contribution in [0.25, 0.3) is 0 Å². The number of para-hydroxylation sites is 1. The monoisotopic (exact) mass is 387 g/mol. The number of carbonyl (C=O) groups excluding carboxylic acids is 1. The fraction of sp³-hybridized carbons (Fsp3) is 0.524. The molecule has 2 aliphatic rings. The number of nitrogens with one attached hydrogen (secondary N) is 3. The van der Waals surface area contributed by atoms with Crippen LogP contribution in [-0.2, 0) is 9.53 Å². The van der Waals surface area contributed by atoms with Gasteiger partial charge < -0.3 is 15.2 Å². The summed E-state index contributed by atoms with van der Waals surface area (Å²) >= 11 is 0. The number of carboxylic acids is 1. The fourth-order valence-electron chi connectivity index (χ4n) is 4.16. The van der Waals surface area contributed by atoms with Gasteiger partial charge in [0.1, 0.15) is 0 Å². The van der Waals surface area contributed by atoms with Crippen molar-refractivity contribution in [2.45, 2.75) is 50.7 Å². The van der Waals surface area contributed by atoms with Crippen LogP contribution >= 0.6 is 0 Å². The number of fused-ring (bicyclic) bond motifs is 2. The van der Waals surface area contributed by atoms with E-state index in [1.54, 1.807) is 0 Å². The van der Waals surface area contributed by atoms with Gasteiger partial charge in [0.2, 0.25) is 0 Å². The minimum atomic E-state index is -0.746. The van der Waals surface area contributed by atoms with Gasteiger partial charge in [-0.1, -0.05) is 30.4 Å². The molecule has 1 aromatic rings. The molecule has 4 atom stereocenters. The zero-order valence-corrected chi connectivity index (χ0v) is 16.0. The molecule has 0 saturated carbocycles. The number of aliphatic carboxylic acids is 1. The highest BCUT2D eigenvalue weighted by Crippen LogP contribution is 2.44. The Morgan fingerprint density at radius 2 is 1.86 bits per heavy atom. The van der Waals surface area contributed by atoms with E-state index in [4.69, 9.17) is 9.84 Å². The van der Waals surface area contributed by atoms with Gasteiger partial charge in [-0.2, -0.15) is 0 Å². The number of benzene rings is 1. The Morgan fingerprint density at radius 3 is 2.61 bits per heavy atom. The predicted octanol–water partition coefficient (Wildman–Crippen LogP) is 3.31. The van der Waals surface area contributed by atoms with Gasteiger partial charge in [-0.05, 0) is 50.2 Å². The smallest absolute Gasteiger partial charge is 0.333 e. The number of unbranched alkanes of at least 4 members (excludes halogenated alkanes) is 1. The summed E-state index contributed by atoms with van der Waals surface area (Å²) in [6.07, 6.45) is 9.54. The number of hydrazine groups is 1. The first-order chi connectivity index (χ1) is 13.6. The van der Waals surface area contributed by atoms with Gasteiger partial charge in [0.05, 0.1) is 12.2 Å². The minimum absolute atomic E-state index is 0.213. The number of urea groups is 1. The highest BCUT2D eigenvalue weighted by molar-refractivity contribution is 5.88. The van der Waals surface area contributed by atoms with Crippen molar-refractivity contribution in [1.29, 1.82) is 0 Å². The normalized spacial score (nSPS) is 25.9. The lowest BCUT2D eigenvalue weighted by Gasteiger charge is -2.27. The number of amides is 2. The van der Waals surface area contributed by atoms with Crippen LogP contribution in [-0.4, -0.2) is 35.9 Å². The van der Waals surface area contributed by atoms with Crippen LogP contribution < -0.4 is 16.2 Å². The van der Waals surface area contributed by atoms with E-state index in [0.717, 1.165) is 31.4 Å². The van der Waals surface area contributed by atoms with Gasteiger partial charge in [0.15, 0.2) is 0 Å². The van der Waals surface area contributed by atoms with Crippen molar-refractivity contribution in [3.05, 3.63) is 42.5 Å². The molecule has 2 heterocycles. The van der Waals surface area contributed by atoms with E-state index in [1.807, 2.05) is 30.3 Å². The molecule has 1 unspecified atom stereocenters. The second-order valence-electron chi connectivity index (χ2n) is 7.44. The molecule has 0 radical (unpaired) electrons. The lowest BCUT2D eigenvalue weighted by molar-refractivity contribution is -0.137. The number of rotatable bonds is 10. The van der Waals surface area contributed by atoms with Crippen LogP contribution in [0, 0.1) is 11.8 Å². The van der Waals surface area contributed by atoms with Crippen LogP contribution in [0.3, 0.4) is 0 Å². The van der Waals surface area contributed by atoms with E-state index in [0.29, 0.717) is 30.9 Å². The number of anilines is 1. The Morgan fingerprint density at radius 1 is 1.11 bits per heavy atom. The Kier molecular flexibility index (Phi) is 7.45. The zero-order chi connectivity index (χ0) is 19.8. The average molecular weight is 387 g/mol. The van der Waals surface area contributed by atoms with Gasteiger partial charge in [-0.25, -0.2) is 10.2 Å². The van der Waals surface area contributed by atoms with Crippen LogP contribution in [0.5, 0.6) is 0 Å². The minimum Gasteiger partial charge on any atom is -0.481 e. The van der Waals surface area contributed by atoms with E-state index in [1.165, 1.54) is 0 Å². The van der Waals surface area contributed by atoms with Crippen molar-refractivity contribution >= 4 is 17.7 Å². The Labute approximate surface area is 165 Å². The largest absolute Gasteiger partial charge is 0.481 e. The molecule has 2 bridgehead atoms. The molecule has 1 aromatic carbocycles. The van der Waals surface area contributed by atoms with Crippen molar-refractivity contribution in [3.8, 4) is 0 Å². The molecule has 2 amide bonds. The first-order valence-corrected chi connectivity index (χ1v) is 10.0. The maximum Gasteiger partial charge on any atom is 0.333 e. The molecule has 28 heavy (non-hydrogen) atoms. The molecule has 0 aromatic heterocycles. The third-order valence-electron chi connectivity index (χ3n) is 5.50. The molecule has 4 N–H and O–H groups in total. The van der Waals surface area contributed by atoms with Crippen LogP contribution in [0.2, 0.25) is 0 Å². The Balaban J connectivity index is 1.40. The molecular formula is C21H29N3O4. The first kappa shape index (κ1) is 20.4. The highest BCUT2D eigenvalue weighted by atomic mass is 16.5. The van der Waals surface area contributed by atoms with Crippen LogP contribution in [0.4, 0.5) is 10.5 Å². The van der Waals surface area contributed by atoms with Crippen LogP contribution in [0.15, 0.2) is 42.5 Å². The van der Waals surface area contributed by atoms with Crippen molar-refractivity contribution < 1.29 is 19.4 Å². The number of hydrogen-bond acceptors (Lipinski definition) is 4.